The number of hydrogen-bond donors (Lipinski definition) is 2. The van der Waals surface area contributed by atoms with Crippen LogP contribution in [0.15, 0.2) is 55.1 Å². The zero-order valence-electron chi connectivity index (χ0n) is 21.0. The van der Waals surface area contributed by atoms with Gasteiger partial charge in [-0.1, -0.05) is 12.6 Å². The van der Waals surface area contributed by atoms with Gasteiger partial charge in [0.25, 0.3) is 0 Å². The largest absolute Gasteiger partial charge is 0.494 e. The molecular formula is C27H30N6O4. The number of nitrogens with one attached hydrogen (secondary N) is 2. The Morgan fingerprint density at radius 1 is 1.11 bits per heavy atom. The van der Waals surface area contributed by atoms with E-state index in [1.165, 1.54) is 6.08 Å². The summed E-state index contributed by atoms with van der Waals surface area (Å²) in [6.07, 6.45) is 1.21. The van der Waals surface area contributed by atoms with Crippen molar-refractivity contribution in [3.8, 4) is 17.4 Å². The van der Waals surface area contributed by atoms with E-state index in [9.17, 15) is 4.79 Å². The molecule has 0 saturated carbocycles. The number of benzene rings is 2. The van der Waals surface area contributed by atoms with Crippen molar-refractivity contribution in [1.82, 2.24) is 14.9 Å². The van der Waals surface area contributed by atoms with Gasteiger partial charge in [0, 0.05) is 49.7 Å². The first-order chi connectivity index (χ1) is 18.0. The van der Waals surface area contributed by atoms with Crippen LogP contribution in [0.2, 0.25) is 0 Å². The molecule has 1 aromatic heterocycles. The van der Waals surface area contributed by atoms with E-state index in [0.29, 0.717) is 42.2 Å². The summed E-state index contributed by atoms with van der Waals surface area (Å²) in [6, 6.07) is 13.2. The fourth-order valence-corrected chi connectivity index (χ4v) is 4.27. The number of anilines is 4. The Labute approximate surface area is 215 Å². The first-order valence-electron chi connectivity index (χ1n) is 12.1. The standard InChI is InChI=1S/C27H30N6O4/c1-4-25(34)28-18-6-5-7-20(14-18)37-26-21-16-36-17-23(21)30-27(31-26)29-22-9-8-19(15-24(22)35-3)33-12-10-32(2)11-13-33/h4-9,14-15H,1,10-13,16-17H2,2-3H3,(H,28,34)(H,29,30,31). The van der Waals surface area contributed by atoms with Crippen LogP contribution in [0, 0.1) is 0 Å². The zero-order valence-corrected chi connectivity index (χ0v) is 21.0. The van der Waals surface area contributed by atoms with Gasteiger partial charge in [-0.05, 0) is 37.4 Å². The summed E-state index contributed by atoms with van der Waals surface area (Å²) in [4.78, 5) is 25.6. The average molecular weight is 503 g/mol. The van der Waals surface area contributed by atoms with Crippen LogP contribution in [0.25, 0.3) is 0 Å². The Morgan fingerprint density at radius 3 is 2.73 bits per heavy atom. The fraction of sp³-hybridized carbons (Fsp3) is 0.296. The highest BCUT2D eigenvalue weighted by molar-refractivity contribution is 5.98. The number of hydrogen-bond acceptors (Lipinski definition) is 9. The number of ether oxygens (including phenoxy) is 3. The monoisotopic (exact) mass is 502 g/mol. The quantitative estimate of drug-likeness (QED) is 0.444. The minimum atomic E-state index is -0.299. The van der Waals surface area contributed by atoms with Gasteiger partial charge in [0.2, 0.25) is 17.7 Å². The number of methoxy groups -OCH3 is 1. The van der Waals surface area contributed by atoms with Crippen molar-refractivity contribution < 1.29 is 19.0 Å². The van der Waals surface area contributed by atoms with Gasteiger partial charge >= 0.3 is 0 Å². The highest BCUT2D eigenvalue weighted by Gasteiger charge is 2.23. The maximum absolute atomic E-state index is 11.7. The summed E-state index contributed by atoms with van der Waals surface area (Å²) in [7, 11) is 3.79. The Kier molecular flexibility index (Phi) is 7.20. The molecule has 0 unspecified atom stereocenters. The van der Waals surface area contributed by atoms with Crippen molar-refractivity contribution in [3.63, 3.8) is 0 Å². The third kappa shape index (κ3) is 5.65. The molecule has 0 bridgehead atoms. The molecule has 0 spiro atoms. The number of nitrogens with zero attached hydrogens (tertiary/aromatic N) is 4. The molecule has 2 aliphatic rings. The second-order valence-electron chi connectivity index (χ2n) is 8.89. The SMILES string of the molecule is C=CC(=O)Nc1cccc(Oc2nc(Nc3ccc(N4CCN(C)CC4)cc3OC)nc3c2COC3)c1. The van der Waals surface area contributed by atoms with Crippen LogP contribution in [-0.4, -0.2) is 61.1 Å². The van der Waals surface area contributed by atoms with E-state index in [2.05, 4.69) is 50.1 Å². The number of amides is 1. The Bertz CT molecular complexity index is 1310. The lowest BCUT2D eigenvalue weighted by atomic mass is 10.2. The Morgan fingerprint density at radius 2 is 1.95 bits per heavy atom. The lowest BCUT2D eigenvalue weighted by Crippen LogP contribution is -2.44. The lowest BCUT2D eigenvalue weighted by molar-refractivity contribution is -0.111. The molecule has 192 valence electrons. The highest BCUT2D eigenvalue weighted by Crippen LogP contribution is 2.35. The van der Waals surface area contributed by atoms with Gasteiger partial charge in [-0.15, -0.1) is 0 Å². The van der Waals surface area contributed by atoms with Crippen molar-refractivity contribution in [2.45, 2.75) is 13.2 Å². The van der Waals surface area contributed by atoms with E-state index < -0.39 is 0 Å². The van der Waals surface area contributed by atoms with Crippen molar-refractivity contribution in [2.24, 2.45) is 0 Å². The minimum absolute atomic E-state index is 0.299. The van der Waals surface area contributed by atoms with Gasteiger partial charge in [0.15, 0.2) is 0 Å². The molecule has 10 heteroatoms. The van der Waals surface area contributed by atoms with Gasteiger partial charge < -0.3 is 34.6 Å². The molecule has 0 radical (unpaired) electrons. The second kappa shape index (κ2) is 10.9. The van der Waals surface area contributed by atoms with Crippen LogP contribution in [0.4, 0.5) is 23.0 Å². The van der Waals surface area contributed by atoms with Crippen LogP contribution >= 0.6 is 0 Å². The van der Waals surface area contributed by atoms with Crippen molar-refractivity contribution in [2.75, 3.05) is 55.9 Å². The van der Waals surface area contributed by atoms with Gasteiger partial charge in [0.05, 0.1) is 37.3 Å². The normalized spacial score (nSPS) is 15.1. The maximum atomic E-state index is 11.7. The number of rotatable bonds is 8. The molecule has 1 amide bonds. The van der Waals surface area contributed by atoms with Crippen molar-refractivity contribution in [1.29, 1.82) is 0 Å². The molecule has 3 heterocycles. The molecule has 1 fully saturated rings. The summed E-state index contributed by atoms with van der Waals surface area (Å²) < 4.78 is 17.4. The van der Waals surface area contributed by atoms with Gasteiger partial charge in [-0.2, -0.15) is 4.98 Å². The molecule has 2 aliphatic heterocycles. The predicted molar refractivity (Wildman–Crippen MR) is 142 cm³/mol. The molecule has 0 atom stereocenters. The maximum Gasteiger partial charge on any atom is 0.247 e. The molecule has 1 saturated heterocycles. The molecular weight excluding hydrogens is 472 g/mol. The smallest absolute Gasteiger partial charge is 0.247 e. The molecule has 2 N–H and O–H groups in total. The molecule has 0 aliphatic carbocycles. The van der Waals surface area contributed by atoms with Crippen molar-refractivity contribution in [3.05, 3.63) is 66.4 Å². The fourth-order valence-electron chi connectivity index (χ4n) is 4.27. The van der Waals surface area contributed by atoms with E-state index in [1.807, 2.05) is 12.1 Å². The number of fused-ring (bicyclic) bond motifs is 1. The first kappa shape index (κ1) is 24.5. The number of likely N-dealkylation sites (N-methyl/N-ethyl adjacent to an activating group) is 1. The van der Waals surface area contributed by atoms with E-state index in [0.717, 1.165) is 48.8 Å². The van der Waals surface area contributed by atoms with Crippen LogP contribution in [-0.2, 0) is 22.7 Å². The van der Waals surface area contributed by atoms with E-state index in [1.54, 1.807) is 31.4 Å². The summed E-state index contributed by atoms with van der Waals surface area (Å²) in [5, 5.41) is 6.01. The van der Waals surface area contributed by atoms with E-state index in [-0.39, 0.29) is 5.91 Å². The second-order valence-corrected chi connectivity index (χ2v) is 8.89. The molecule has 3 aromatic rings. The van der Waals surface area contributed by atoms with Crippen LogP contribution in [0.3, 0.4) is 0 Å². The van der Waals surface area contributed by atoms with Gasteiger partial charge in [-0.25, -0.2) is 4.98 Å². The van der Waals surface area contributed by atoms with Gasteiger partial charge in [-0.3, -0.25) is 4.79 Å². The number of aromatic nitrogens is 2. The Hall–Kier alpha value is -4.15. The van der Waals surface area contributed by atoms with E-state index >= 15 is 0 Å². The number of piperazine rings is 1. The third-order valence-electron chi connectivity index (χ3n) is 6.34. The van der Waals surface area contributed by atoms with E-state index in [4.69, 9.17) is 14.2 Å². The Balaban J connectivity index is 1.38. The predicted octanol–water partition coefficient (Wildman–Crippen LogP) is 3.93. The number of carbonyl (C=O) groups is 1. The van der Waals surface area contributed by atoms with Crippen LogP contribution in [0.1, 0.15) is 11.3 Å². The minimum Gasteiger partial charge on any atom is -0.494 e. The van der Waals surface area contributed by atoms with Crippen LogP contribution in [0.5, 0.6) is 17.4 Å². The topological polar surface area (TPSA) is 101 Å². The molecule has 37 heavy (non-hydrogen) atoms. The zero-order chi connectivity index (χ0) is 25.8. The number of carbonyl (C=O) groups excluding carboxylic acids is 1. The third-order valence-corrected chi connectivity index (χ3v) is 6.34. The summed E-state index contributed by atoms with van der Waals surface area (Å²) in [5.41, 5.74) is 4.01. The lowest BCUT2D eigenvalue weighted by Gasteiger charge is -2.34. The summed E-state index contributed by atoms with van der Waals surface area (Å²) >= 11 is 0. The first-order valence-corrected chi connectivity index (χ1v) is 12.1. The summed E-state index contributed by atoms with van der Waals surface area (Å²) in [5.74, 6) is 1.69. The highest BCUT2D eigenvalue weighted by atomic mass is 16.5. The molecule has 5 rings (SSSR count). The van der Waals surface area contributed by atoms with Crippen LogP contribution < -0.4 is 25.0 Å². The molecule has 10 nitrogen and oxygen atoms in total. The van der Waals surface area contributed by atoms with Crippen molar-refractivity contribution >= 4 is 28.9 Å². The van der Waals surface area contributed by atoms with Gasteiger partial charge in [0.1, 0.15) is 11.5 Å². The molecule has 2 aromatic carbocycles. The summed E-state index contributed by atoms with van der Waals surface area (Å²) in [6.45, 7) is 8.21. The average Bonchev–Trinajstić information content (AvgIpc) is 3.39.